The molecule has 2 heterocycles. The van der Waals surface area contributed by atoms with Gasteiger partial charge in [-0.25, -0.2) is 4.79 Å². The Labute approximate surface area is 288 Å². The molecule has 16 heteroatoms. The van der Waals surface area contributed by atoms with E-state index in [2.05, 4.69) is 16.6 Å². The number of carbonyl (C=O) groups excluding carboxylic acids is 3. The van der Waals surface area contributed by atoms with Gasteiger partial charge in [0.2, 0.25) is 0 Å². The van der Waals surface area contributed by atoms with Crippen molar-refractivity contribution in [2.24, 2.45) is 5.11 Å². The number of esters is 3. The van der Waals surface area contributed by atoms with Gasteiger partial charge in [-0.3, -0.25) is 9.59 Å². The number of carbonyl (C=O) groups is 3. The molecule has 4 rings (SSSR count). The third kappa shape index (κ3) is 10.3. The summed E-state index contributed by atoms with van der Waals surface area (Å²) in [5.41, 5.74) is 11.1. The predicted molar refractivity (Wildman–Crippen MR) is 172 cm³/mol. The first-order valence-electron chi connectivity index (χ1n) is 15.8. The van der Waals surface area contributed by atoms with Gasteiger partial charge in [0.05, 0.1) is 26.9 Å². The molecule has 0 aromatic heterocycles. The Kier molecular flexibility index (Phi) is 14.7. The summed E-state index contributed by atoms with van der Waals surface area (Å²) in [6.45, 7) is 5.56. The van der Waals surface area contributed by atoms with Crippen molar-refractivity contribution in [3.05, 3.63) is 94.9 Å². The summed E-state index contributed by atoms with van der Waals surface area (Å²) in [4.78, 5) is 40.3. The fraction of sp³-hybridized carbons (Fsp3) is 0.500. The quantitative estimate of drug-likeness (QED) is 0.0670. The van der Waals surface area contributed by atoms with Crippen molar-refractivity contribution in [2.45, 2.75) is 88.4 Å². The van der Waals surface area contributed by atoms with E-state index in [0.717, 1.165) is 25.2 Å². The van der Waals surface area contributed by atoms with E-state index < -0.39 is 79.3 Å². The van der Waals surface area contributed by atoms with Crippen LogP contribution >= 0.6 is 0 Å². The van der Waals surface area contributed by atoms with E-state index in [1.165, 1.54) is 13.0 Å². The summed E-state index contributed by atoms with van der Waals surface area (Å²) in [7, 11) is 1.11. The zero-order valence-electron chi connectivity index (χ0n) is 27.8. The van der Waals surface area contributed by atoms with E-state index in [-0.39, 0.29) is 26.4 Å². The second-order valence-corrected chi connectivity index (χ2v) is 11.3. The lowest BCUT2D eigenvalue weighted by molar-refractivity contribution is -0.349. The molecule has 10 atom stereocenters. The van der Waals surface area contributed by atoms with Crippen LogP contribution in [0.4, 0.5) is 0 Å². The minimum absolute atomic E-state index is 0.00127. The Morgan fingerprint density at radius 1 is 0.880 bits per heavy atom. The third-order valence-corrected chi connectivity index (χ3v) is 7.75. The Balaban J connectivity index is 1.76. The second-order valence-electron chi connectivity index (χ2n) is 11.3. The number of azide groups is 1. The molecule has 4 unspecified atom stereocenters. The number of methoxy groups -OCH3 is 1. The van der Waals surface area contributed by atoms with Crippen LogP contribution < -0.4 is 0 Å². The van der Waals surface area contributed by atoms with Crippen LogP contribution in [0.2, 0.25) is 0 Å². The van der Waals surface area contributed by atoms with E-state index >= 15 is 0 Å². The molecule has 16 nitrogen and oxygen atoms in total. The normalized spacial score (nSPS) is 29.2. The molecule has 1 N–H and O–H groups in total. The van der Waals surface area contributed by atoms with E-state index in [1.54, 1.807) is 24.3 Å². The molecule has 2 aliphatic rings. The Hall–Kier alpha value is -4.38. The zero-order valence-corrected chi connectivity index (χ0v) is 27.8. The molecular formula is C34H41N3O13. The lowest BCUT2D eigenvalue weighted by atomic mass is 9.95. The van der Waals surface area contributed by atoms with Crippen LogP contribution in [0.3, 0.4) is 0 Å². The highest BCUT2D eigenvalue weighted by Crippen LogP contribution is 2.35. The average molecular weight is 700 g/mol. The molecule has 0 radical (unpaired) electrons. The lowest BCUT2D eigenvalue weighted by Crippen LogP contribution is -2.66. The number of benzene rings is 2. The van der Waals surface area contributed by atoms with E-state index in [1.807, 2.05) is 36.4 Å². The van der Waals surface area contributed by atoms with Crippen LogP contribution in [0, 0.1) is 0 Å². The standard InChI is InChI=1S/C34H41N3O13/c1-5-16-43-33-25(36-37-35)28(45-17-22-12-8-6-9-13-22)27(24(48-33)19-44-20(2)38)49-34-31(47-21(3)39)29(26(40)30(50-34)32(41)42-4)46-18-23-14-10-7-11-15-23/h5-15,24-31,33-34,40H,1,16-19H2,2-4H3/t24?,25-,26-,27+,28?,29+,30?,31?,33-,34+/m0/s1. The van der Waals surface area contributed by atoms with Gasteiger partial charge in [0, 0.05) is 18.8 Å². The van der Waals surface area contributed by atoms with Crippen molar-refractivity contribution < 1.29 is 62.1 Å². The number of ether oxygens (including phenoxy) is 9. The Morgan fingerprint density at radius 3 is 2.04 bits per heavy atom. The SMILES string of the molecule is C=CCO[C@H]1OC(COC(C)=O)[C@@H](O[C@@H]2OC(C(=O)OC)[C@@H](O)[C@@H](OCc3ccccc3)C2OC(C)=O)C(OCc2ccccc2)[C@@H]1N=[N+]=[N-]. The second kappa shape index (κ2) is 19.1. The summed E-state index contributed by atoms with van der Waals surface area (Å²) in [6.07, 6.45) is -11.2. The minimum Gasteiger partial charge on any atom is -0.467 e. The van der Waals surface area contributed by atoms with Crippen molar-refractivity contribution in [3.8, 4) is 0 Å². The Bertz CT molecular complexity index is 1460. The molecule has 0 bridgehead atoms. The van der Waals surface area contributed by atoms with E-state index in [9.17, 15) is 25.0 Å². The number of hydrogen-bond acceptors (Lipinski definition) is 14. The molecule has 0 spiro atoms. The molecule has 2 aliphatic heterocycles. The molecule has 0 saturated carbocycles. The first-order valence-corrected chi connectivity index (χ1v) is 15.8. The van der Waals surface area contributed by atoms with E-state index in [4.69, 9.17) is 42.6 Å². The van der Waals surface area contributed by atoms with Crippen molar-refractivity contribution in [1.29, 1.82) is 0 Å². The zero-order chi connectivity index (χ0) is 36.0. The maximum absolute atomic E-state index is 12.9. The summed E-state index contributed by atoms with van der Waals surface area (Å²) in [5, 5.41) is 15.2. The van der Waals surface area contributed by atoms with Crippen LogP contribution in [-0.4, -0.2) is 105 Å². The number of nitrogens with zero attached hydrogens (tertiary/aromatic N) is 3. The lowest BCUT2D eigenvalue weighted by Gasteiger charge is -2.48. The van der Waals surface area contributed by atoms with Gasteiger partial charge in [0.25, 0.3) is 0 Å². The highest BCUT2D eigenvalue weighted by atomic mass is 16.8. The summed E-state index contributed by atoms with van der Waals surface area (Å²) in [5.74, 6) is -2.37. The molecule has 2 saturated heterocycles. The maximum atomic E-state index is 12.9. The van der Waals surface area contributed by atoms with Crippen molar-refractivity contribution >= 4 is 17.9 Å². The molecule has 2 aromatic carbocycles. The highest BCUT2D eigenvalue weighted by molar-refractivity contribution is 5.75. The molecule has 0 aliphatic carbocycles. The molecular weight excluding hydrogens is 658 g/mol. The van der Waals surface area contributed by atoms with Gasteiger partial charge in [-0.05, 0) is 16.7 Å². The molecule has 0 amide bonds. The van der Waals surface area contributed by atoms with Crippen molar-refractivity contribution in [2.75, 3.05) is 20.3 Å². The van der Waals surface area contributed by atoms with Crippen molar-refractivity contribution in [1.82, 2.24) is 0 Å². The van der Waals surface area contributed by atoms with Crippen LogP contribution in [0.15, 0.2) is 78.4 Å². The third-order valence-electron chi connectivity index (χ3n) is 7.75. The van der Waals surface area contributed by atoms with Gasteiger partial charge in [-0.2, -0.15) is 0 Å². The van der Waals surface area contributed by atoms with E-state index in [0.29, 0.717) is 0 Å². The predicted octanol–water partition coefficient (Wildman–Crippen LogP) is 2.90. The fourth-order valence-corrected chi connectivity index (χ4v) is 5.50. The van der Waals surface area contributed by atoms with Gasteiger partial charge in [-0.1, -0.05) is 71.9 Å². The fourth-order valence-electron chi connectivity index (χ4n) is 5.50. The van der Waals surface area contributed by atoms with Crippen LogP contribution in [-0.2, 0) is 70.2 Å². The first-order chi connectivity index (χ1) is 24.2. The topological polar surface area (TPSA) is 203 Å². The van der Waals surface area contributed by atoms with Gasteiger partial charge in [-0.15, -0.1) is 6.58 Å². The molecule has 2 aromatic rings. The smallest absolute Gasteiger partial charge is 0.337 e. The summed E-state index contributed by atoms with van der Waals surface area (Å²) >= 11 is 0. The Morgan fingerprint density at radius 2 is 1.50 bits per heavy atom. The summed E-state index contributed by atoms with van der Waals surface area (Å²) < 4.78 is 52.6. The first kappa shape index (κ1) is 38.4. The minimum atomic E-state index is -1.67. The van der Waals surface area contributed by atoms with Gasteiger partial charge < -0.3 is 47.7 Å². The van der Waals surface area contributed by atoms with Gasteiger partial charge in [0.1, 0.15) is 43.2 Å². The largest absolute Gasteiger partial charge is 0.467 e. The number of rotatable bonds is 16. The number of aliphatic hydroxyl groups is 1. The van der Waals surface area contributed by atoms with Crippen LogP contribution in [0.25, 0.3) is 10.4 Å². The van der Waals surface area contributed by atoms with Gasteiger partial charge in [0.15, 0.2) is 24.8 Å². The number of hydrogen-bond donors (Lipinski definition) is 1. The molecule has 270 valence electrons. The van der Waals surface area contributed by atoms with Gasteiger partial charge >= 0.3 is 17.9 Å². The average Bonchev–Trinajstić information content (AvgIpc) is 3.11. The highest BCUT2D eigenvalue weighted by Gasteiger charge is 2.55. The monoisotopic (exact) mass is 699 g/mol. The van der Waals surface area contributed by atoms with Crippen LogP contribution in [0.1, 0.15) is 25.0 Å². The molecule has 50 heavy (non-hydrogen) atoms. The molecule has 2 fully saturated rings. The number of aliphatic hydroxyl groups excluding tert-OH is 1. The van der Waals surface area contributed by atoms with Crippen LogP contribution in [0.5, 0.6) is 0 Å². The summed E-state index contributed by atoms with van der Waals surface area (Å²) in [6, 6.07) is 16.9. The van der Waals surface area contributed by atoms with Crippen molar-refractivity contribution in [3.63, 3.8) is 0 Å². The maximum Gasteiger partial charge on any atom is 0.337 e.